The minimum atomic E-state index is -0.934. The van der Waals surface area contributed by atoms with E-state index in [-0.39, 0.29) is 11.8 Å². The molecule has 3 atom stereocenters. The summed E-state index contributed by atoms with van der Waals surface area (Å²) in [5.74, 6) is 0.246. The SMILES string of the molecule is CC[C@H](NC(=O)C1C2CCCC21)C(=O)O. The number of carbonyl (C=O) groups is 2. The maximum Gasteiger partial charge on any atom is 0.326 e. The average Bonchev–Trinajstić information content (AvgIpc) is 2.68. The van der Waals surface area contributed by atoms with Crippen LogP contribution in [-0.2, 0) is 9.59 Å². The molecule has 2 aliphatic carbocycles. The minimum Gasteiger partial charge on any atom is -0.480 e. The van der Waals surface area contributed by atoms with E-state index in [1.807, 2.05) is 0 Å². The van der Waals surface area contributed by atoms with Gasteiger partial charge in [-0.25, -0.2) is 4.79 Å². The highest BCUT2D eigenvalue weighted by atomic mass is 16.4. The Hall–Kier alpha value is -1.06. The summed E-state index contributed by atoms with van der Waals surface area (Å²) in [6.45, 7) is 1.77. The van der Waals surface area contributed by atoms with E-state index in [1.54, 1.807) is 6.92 Å². The third-order valence-corrected chi connectivity index (χ3v) is 3.73. The molecular formula is C11H17NO3. The predicted octanol–water partition coefficient (Wildman–Crippen LogP) is 1.01. The van der Waals surface area contributed by atoms with E-state index in [1.165, 1.54) is 6.42 Å². The minimum absolute atomic E-state index is 0.0426. The highest BCUT2D eigenvalue weighted by Gasteiger charge is 2.56. The second kappa shape index (κ2) is 3.83. The maximum absolute atomic E-state index is 11.7. The first-order chi connectivity index (χ1) is 7.15. The summed E-state index contributed by atoms with van der Waals surface area (Å²) in [6.07, 6.45) is 3.97. The summed E-state index contributed by atoms with van der Waals surface area (Å²) in [4.78, 5) is 22.5. The molecule has 0 aromatic rings. The highest BCUT2D eigenvalue weighted by molar-refractivity contribution is 5.87. The molecule has 2 saturated carbocycles. The van der Waals surface area contributed by atoms with Crippen LogP contribution in [0.1, 0.15) is 32.6 Å². The second-order valence-corrected chi connectivity index (χ2v) is 4.59. The lowest BCUT2D eigenvalue weighted by atomic mass is 10.1. The lowest BCUT2D eigenvalue weighted by Gasteiger charge is -2.12. The molecule has 0 aliphatic heterocycles. The molecule has 84 valence electrons. The molecule has 0 radical (unpaired) electrons. The summed E-state index contributed by atoms with van der Waals surface area (Å²) in [5.41, 5.74) is 0. The summed E-state index contributed by atoms with van der Waals surface area (Å²) < 4.78 is 0. The standard InChI is InChI=1S/C11H17NO3/c1-2-8(11(14)15)12-10(13)9-6-4-3-5-7(6)9/h6-9H,2-5H2,1H3,(H,12,13)(H,14,15)/t6?,7?,8-,9?/m0/s1. The summed E-state index contributed by atoms with van der Waals surface area (Å²) >= 11 is 0. The van der Waals surface area contributed by atoms with Crippen molar-refractivity contribution in [3.05, 3.63) is 0 Å². The number of aliphatic carboxylic acids is 1. The van der Waals surface area contributed by atoms with Gasteiger partial charge in [-0.3, -0.25) is 4.79 Å². The lowest BCUT2D eigenvalue weighted by molar-refractivity contribution is -0.142. The highest BCUT2D eigenvalue weighted by Crippen LogP contribution is 2.57. The smallest absolute Gasteiger partial charge is 0.326 e. The first-order valence-corrected chi connectivity index (χ1v) is 5.68. The molecule has 2 rings (SSSR count). The normalized spacial score (nSPS) is 34.3. The van der Waals surface area contributed by atoms with Crippen LogP contribution in [0.25, 0.3) is 0 Å². The molecule has 4 heteroatoms. The number of amides is 1. The monoisotopic (exact) mass is 211 g/mol. The molecule has 0 aromatic carbocycles. The van der Waals surface area contributed by atoms with Gasteiger partial charge in [-0.05, 0) is 31.1 Å². The third-order valence-electron chi connectivity index (χ3n) is 3.73. The zero-order valence-electron chi connectivity index (χ0n) is 8.90. The number of carbonyl (C=O) groups excluding carboxylic acids is 1. The van der Waals surface area contributed by atoms with Crippen LogP contribution in [-0.4, -0.2) is 23.0 Å². The van der Waals surface area contributed by atoms with Gasteiger partial charge in [-0.1, -0.05) is 13.3 Å². The van der Waals surface area contributed by atoms with Gasteiger partial charge in [0, 0.05) is 5.92 Å². The van der Waals surface area contributed by atoms with Crippen molar-refractivity contribution in [1.82, 2.24) is 5.32 Å². The van der Waals surface area contributed by atoms with Gasteiger partial charge < -0.3 is 10.4 Å². The second-order valence-electron chi connectivity index (χ2n) is 4.59. The number of hydrogen-bond donors (Lipinski definition) is 2. The van der Waals surface area contributed by atoms with Crippen molar-refractivity contribution in [1.29, 1.82) is 0 Å². The molecule has 0 spiro atoms. The fourth-order valence-corrected chi connectivity index (χ4v) is 2.82. The zero-order chi connectivity index (χ0) is 11.0. The van der Waals surface area contributed by atoms with Gasteiger partial charge in [-0.2, -0.15) is 0 Å². The van der Waals surface area contributed by atoms with E-state index in [0.717, 1.165) is 12.8 Å². The van der Waals surface area contributed by atoms with Gasteiger partial charge in [0.25, 0.3) is 0 Å². The van der Waals surface area contributed by atoms with Crippen LogP contribution in [0, 0.1) is 17.8 Å². The van der Waals surface area contributed by atoms with Crippen LogP contribution in [0.3, 0.4) is 0 Å². The van der Waals surface area contributed by atoms with Crippen molar-refractivity contribution in [2.24, 2.45) is 17.8 Å². The largest absolute Gasteiger partial charge is 0.480 e. The fourth-order valence-electron chi connectivity index (χ4n) is 2.82. The Bertz CT molecular complexity index is 280. The van der Waals surface area contributed by atoms with Gasteiger partial charge in [-0.15, -0.1) is 0 Å². The van der Waals surface area contributed by atoms with Crippen LogP contribution in [0.5, 0.6) is 0 Å². The molecule has 15 heavy (non-hydrogen) atoms. The van der Waals surface area contributed by atoms with Crippen molar-refractivity contribution < 1.29 is 14.7 Å². The van der Waals surface area contributed by atoms with E-state index in [2.05, 4.69) is 5.32 Å². The number of fused-ring (bicyclic) bond motifs is 1. The lowest BCUT2D eigenvalue weighted by Crippen LogP contribution is -2.41. The molecule has 2 fully saturated rings. The number of hydrogen-bond acceptors (Lipinski definition) is 2. The zero-order valence-corrected chi connectivity index (χ0v) is 8.90. The Morgan fingerprint density at radius 2 is 2.00 bits per heavy atom. The van der Waals surface area contributed by atoms with Crippen molar-refractivity contribution in [2.75, 3.05) is 0 Å². The van der Waals surface area contributed by atoms with Gasteiger partial charge in [0.2, 0.25) is 5.91 Å². The molecule has 0 heterocycles. The molecule has 0 bridgehead atoms. The Balaban J connectivity index is 1.85. The number of rotatable bonds is 4. The van der Waals surface area contributed by atoms with Gasteiger partial charge in [0.15, 0.2) is 0 Å². The van der Waals surface area contributed by atoms with Gasteiger partial charge in [0.05, 0.1) is 0 Å². The molecular weight excluding hydrogens is 194 g/mol. The molecule has 2 N–H and O–H groups in total. The maximum atomic E-state index is 11.7. The van der Waals surface area contributed by atoms with Gasteiger partial charge >= 0.3 is 5.97 Å². The Labute approximate surface area is 89.0 Å². The summed E-state index contributed by atoms with van der Waals surface area (Å²) in [6, 6.07) is -0.709. The van der Waals surface area contributed by atoms with Crippen LogP contribution in [0.15, 0.2) is 0 Å². The Morgan fingerprint density at radius 3 is 2.47 bits per heavy atom. The van der Waals surface area contributed by atoms with E-state index in [0.29, 0.717) is 18.3 Å². The first-order valence-electron chi connectivity index (χ1n) is 5.68. The summed E-state index contributed by atoms with van der Waals surface area (Å²) in [5, 5.41) is 11.4. The fraction of sp³-hybridized carbons (Fsp3) is 0.818. The number of carboxylic acid groups (broad SMARTS) is 1. The van der Waals surface area contributed by atoms with Gasteiger partial charge in [0.1, 0.15) is 6.04 Å². The summed E-state index contributed by atoms with van der Waals surface area (Å²) in [7, 11) is 0. The predicted molar refractivity (Wildman–Crippen MR) is 54.2 cm³/mol. The molecule has 1 amide bonds. The molecule has 0 saturated heterocycles. The molecule has 2 unspecified atom stereocenters. The van der Waals surface area contributed by atoms with E-state index >= 15 is 0 Å². The average molecular weight is 211 g/mol. The van der Waals surface area contributed by atoms with Crippen LogP contribution >= 0.6 is 0 Å². The van der Waals surface area contributed by atoms with Crippen molar-refractivity contribution in [2.45, 2.75) is 38.6 Å². The van der Waals surface area contributed by atoms with E-state index < -0.39 is 12.0 Å². The topological polar surface area (TPSA) is 66.4 Å². The van der Waals surface area contributed by atoms with E-state index in [9.17, 15) is 9.59 Å². The quantitative estimate of drug-likeness (QED) is 0.729. The van der Waals surface area contributed by atoms with Crippen LogP contribution < -0.4 is 5.32 Å². The molecule has 2 aliphatic rings. The van der Waals surface area contributed by atoms with Crippen LogP contribution in [0.4, 0.5) is 0 Å². The van der Waals surface area contributed by atoms with Crippen molar-refractivity contribution in [3.63, 3.8) is 0 Å². The Kier molecular flexibility index (Phi) is 2.67. The molecule has 0 aromatic heterocycles. The van der Waals surface area contributed by atoms with Crippen molar-refractivity contribution >= 4 is 11.9 Å². The van der Waals surface area contributed by atoms with Crippen molar-refractivity contribution in [3.8, 4) is 0 Å². The first kappa shape index (κ1) is 10.5. The van der Waals surface area contributed by atoms with E-state index in [4.69, 9.17) is 5.11 Å². The molecule has 4 nitrogen and oxygen atoms in total. The Morgan fingerprint density at radius 1 is 1.40 bits per heavy atom. The van der Waals surface area contributed by atoms with Crippen LogP contribution in [0.2, 0.25) is 0 Å². The third kappa shape index (κ3) is 1.85. The number of carboxylic acids is 1. The number of nitrogens with one attached hydrogen (secondary N) is 1.